The van der Waals surface area contributed by atoms with E-state index in [1.807, 2.05) is 24.3 Å². The number of anilines is 1. The summed E-state index contributed by atoms with van der Waals surface area (Å²) >= 11 is 7.53. The molecule has 1 N–H and O–H groups in total. The van der Waals surface area contributed by atoms with Crippen molar-refractivity contribution < 1.29 is 4.79 Å². The molecule has 20 heavy (non-hydrogen) atoms. The van der Waals surface area contributed by atoms with Gasteiger partial charge in [-0.2, -0.15) is 0 Å². The molecule has 104 valence electrons. The fourth-order valence-corrected chi connectivity index (χ4v) is 3.93. The third-order valence-electron chi connectivity index (χ3n) is 3.63. The van der Waals surface area contributed by atoms with E-state index in [-0.39, 0.29) is 5.91 Å². The summed E-state index contributed by atoms with van der Waals surface area (Å²) in [5.41, 5.74) is 3.11. The molecule has 0 spiro atoms. The van der Waals surface area contributed by atoms with Crippen LogP contribution < -0.4 is 5.32 Å². The van der Waals surface area contributed by atoms with Crippen LogP contribution in [0.2, 0.25) is 0 Å². The number of thiophene rings is 1. The molecule has 1 aromatic heterocycles. The molecule has 2 aromatic rings. The lowest BCUT2D eigenvalue weighted by molar-refractivity contribution is 0.103. The van der Waals surface area contributed by atoms with Crippen molar-refractivity contribution in [1.82, 2.24) is 0 Å². The fraction of sp³-hybridized carbons (Fsp3) is 0.312. The molecule has 0 aliphatic heterocycles. The van der Waals surface area contributed by atoms with Crippen LogP contribution in [0.1, 0.15) is 38.5 Å². The number of nitrogens with one attached hydrogen (secondary N) is 1. The second kappa shape index (κ2) is 5.98. The maximum Gasteiger partial charge on any atom is 0.265 e. The first-order chi connectivity index (χ1) is 9.78. The van der Waals surface area contributed by atoms with Crippen LogP contribution in [0, 0.1) is 0 Å². The van der Waals surface area contributed by atoms with Gasteiger partial charge in [-0.15, -0.1) is 22.9 Å². The molecule has 1 heterocycles. The van der Waals surface area contributed by atoms with Crippen molar-refractivity contribution in [3.8, 4) is 0 Å². The molecule has 0 fully saturated rings. The van der Waals surface area contributed by atoms with Gasteiger partial charge in [0.15, 0.2) is 0 Å². The normalized spacial score (nSPS) is 13.8. The number of hydrogen-bond acceptors (Lipinski definition) is 2. The van der Waals surface area contributed by atoms with Gasteiger partial charge in [-0.3, -0.25) is 4.79 Å². The van der Waals surface area contributed by atoms with Crippen LogP contribution in [0.15, 0.2) is 30.3 Å². The maximum atomic E-state index is 12.4. The highest BCUT2D eigenvalue weighted by molar-refractivity contribution is 7.14. The van der Waals surface area contributed by atoms with E-state index >= 15 is 0 Å². The van der Waals surface area contributed by atoms with E-state index in [2.05, 4.69) is 11.4 Å². The Bertz CT molecular complexity index is 612. The first-order valence-corrected chi connectivity index (χ1v) is 8.20. The number of para-hydroxylation sites is 1. The molecule has 0 saturated carbocycles. The topological polar surface area (TPSA) is 29.1 Å². The van der Waals surface area contributed by atoms with Gasteiger partial charge in [0.1, 0.15) is 0 Å². The predicted molar refractivity (Wildman–Crippen MR) is 84.9 cm³/mol. The number of fused-ring (bicyclic) bond motifs is 1. The van der Waals surface area contributed by atoms with Crippen molar-refractivity contribution in [2.24, 2.45) is 0 Å². The second-order valence-corrected chi connectivity index (χ2v) is 6.42. The summed E-state index contributed by atoms with van der Waals surface area (Å²) in [6, 6.07) is 9.71. The number of halogens is 1. The van der Waals surface area contributed by atoms with Gasteiger partial charge in [0.05, 0.1) is 4.88 Å². The minimum atomic E-state index is -0.0260. The molecular formula is C16H16ClNOS. The summed E-state index contributed by atoms with van der Waals surface area (Å²) < 4.78 is 0. The molecule has 1 aromatic carbocycles. The Morgan fingerprint density at radius 2 is 2.05 bits per heavy atom. The van der Waals surface area contributed by atoms with Crippen LogP contribution in [0.4, 0.5) is 5.69 Å². The third-order valence-corrected chi connectivity index (χ3v) is 5.15. The fourth-order valence-electron chi connectivity index (χ4n) is 2.55. The van der Waals surface area contributed by atoms with Gasteiger partial charge in [0, 0.05) is 16.4 Å². The number of amides is 1. The molecule has 0 atom stereocenters. The van der Waals surface area contributed by atoms with Gasteiger partial charge in [-0.25, -0.2) is 0 Å². The number of hydrogen-bond donors (Lipinski definition) is 1. The van der Waals surface area contributed by atoms with Gasteiger partial charge in [-0.1, -0.05) is 18.2 Å². The van der Waals surface area contributed by atoms with Crippen molar-refractivity contribution in [3.63, 3.8) is 0 Å². The Balaban J connectivity index is 1.81. The standard InChI is InChI=1S/C16H16ClNOS/c17-10-12-6-1-3-7-13(12)18-16(19)15-9-11-5-2-4-8-14(11)20-15/h1,3,6-7,9H,2,4-5,8,10H2,(H,18,19). The van der Waals surface area contributed by atoms with Crippen LogP contribution >= 0.6 is 22.9 Å². The highest BCUT2D eigenvalue weighted by atomic mass is 35.5. The Kier molecular flexibility index (Phi) is 4.08. The van der Waals surface area contributed by atoms with Crippen molar-refractivity contribution >= 4 is 34.5 Å². The summed E-state index contributed by atoms with van der Waals surface area (Å²) in [5.74, 6) is 0.374. The van der Waals surface area contributed by atoms with E-state index < -0.39 is 0 Å². The van der Waals surface area contributed by atoms with E-state index in [1.165, 1.54) is 23.3 Å². The van der Waals surface area contributed by atoms with Gasteiger partial charge in [0.25, 0.3) is 5.91 Å². The Morgan fingerprint density at radius 1 is 1.25 bits per heavy atom. The molecule has 4 heteroatoms. The van der Waals surface area contributed by atoms with Crippen molar-refractivity contribution in [2.45, 2.75) is 31.6 Å². The van der Waals surface area contributed by atoms with E-state index in [0.717, 1.165) is 29.0 Å². The number of benzene rings is 1. The summed E-state index contributed by atoms with van der Waals surface area (Å²) in [6.07, 6.45) is 4.70. The number of aryl methyl sites for hydroxylation is 2. The number of carbonyl (C=O) groups excluding carboxylic acids is 1. The lowest BCUT2D eigenvalue weighted by Gasteiger charge is -2.08. The first-order valence-electron chi connectivity index (χ1n) is 6.84. The number of alkyl halides is 1. The van der Waals surface area contributed by atoms with E-state index in [9.17, 15) is 4.79 Å². The molecule has 2 nitrogen and oxygen atoms in total. The van der Waals surface area contributed by atoms with Crippen LogP contribution in [-0.4, -0.2) is 5.91 Å². The Morgan fingerprint density at radius 3 is 2.85 bits per heavy atom. The Hall–Kier alpha value is -1.32. The SMILES string of the molecule is O=C(Nc1ccccc1CCl)c1cc2c(s1)CCCC2. The van der Waals surface area contributed by atoms with Crippen molar-refractivity contribution in [1.29, 1.82) is 0 Å². The van der Waals surface area contributed by atoms with E-state index in [4.69, 9.17) is 11.6 Å². The van der Waals surface area contributed by atoms with Crippen LogP contribution in [0.25, 0.3) is 0 Å². The summed E-state index contributed by atoms with van der Waals surface area (Å²) in [5, 5.41) is 2.97. The zero-order chi connectivity index (χ0) is 13.9. The highest BCUT2D eigenvalue weighted by Crippen LogP contribution is 2.30. The molecule has 3 rings (SSSR count). The Labute approximate surface area is 127 Å². The highest BCUT2D eigenvalue weighted by Gasteiger charge is 2.17. The first kappa shape index (κ1) is 13.7. The largest absolute Gasteiger partial charge is 0.321 e. The summed E-state index contributed by atoms with van der Waals surface area (Å²) in [7, 11) is 0. The summed E-state index contributed by atoms with van der Waals surface area (Å²) in [6.45, 7) is 0. The zero-order valence-electron chi connectivity index (χ0n) is 11.1. The van der Waals surface area contributed by atoms with Gasteiger partial charge in [0.2, 0.25) is 0 Å². The number of carbonyl (C=O) groups is 1. The quantitative estimate of drug-likeness (QED) is 0.824. The van der Waals surface area contributed by atoms with E-state index in [0.29, 0.717) is 5.88 Å². The molecule has 0 radical (unpaired) electrons. The minimum absolute atomic E-state index is 0.0260. The maximum absolute atomic E-state index is 12.4. The van der Waals surface area contributed by atoms with E-state index in [1.54, 1.807) is 11.3 Å². The van der Waals surface area contributed by atoms with Crippen LogP contribution in [0.3, 0.4) is 0 Å². The molecular weight excluding hydrogens is 290 g/mol. The average Bonchev–Trinajstić information content (AvgIpc) is 2.92. The third kappa shape index (κ3) is 2.74. The van der Waals surface area contributed by atoms with Gasteiger partial charge in [-0.05, 0) is 48.9 Å². The second-order valence-electron chi connectivity index (χ2n) is 5.01. The van der Waals surface area contributed by atoms with Crippen molar-refractivity contribution in [3.05, 3.63) is 51.2 Å². The smallest absolute Gasteiger partial charge is 0.265 e. The molecule has 1 aliphatic carbocycles. The average molecular weight is 306 g/mol. The predicted octanol–water partition coefficient (Wildman–Crippen LogP) is 4.62. The lowest BCUT2D eigenvalue weighted by atomic mass is 9.99. The molecule has 0 bridgehead atoms. The zero-order valence-corrected chi connectivity index (χ0v) is 12.7. The molecule has 1 amide bonds. The minimum Gasteiger partial charge on any atom is -0.321 e. The van der Waals surface area contributed by atoms with Gasteiger partial charge < -0.3 is 5.32 Å². The van der Waals surface area contributed by atoms with Gasteiger partial charge >= 0.3 is 0 Å². The summed E-state index contributed by atoms with van der Waals surface area (Å²) in [4.78, 5) is 14.5. The van der Waals surface area contributed by atoms with Crippen molar-refractivity contribution in [2.75, 3.05) is 5.32 Å². The lowest BCUT2D eigenvalue weighted by Crippen LogP contribution is -2.11. The van der Waals surface area contributed by atoms with Crippen LogP contribution in [0.5, 0.6) is 0 Å². The monoisotopic (exact) mass is 305 g/mol. The molecule has 1 aliphatic rings. The van der Waals surface area contributed by atoms with Crippen LogP contribution in [-0.2, 0) is 18.7 Å². The molecule has 0 saturated heterocycles. The molecule has 0 unspecified atom stereocenters. The number of rotatable bonds is 3.